The van der Waals surface area contributed by atoms with E-state index in [0.29, 0.717) is 38.3 Å². The highest BCUT2D eigenvalue weighted by Gasteiger charge is 2.28. The number of likely N-dealkylation sites (tertiary alicyclic amines) is 1. The van der Waals surface area contributed by atoms with Crippen LogP contribution in [0.25, 0.3) is 0 Å². The predicted octanol–water partition coefficient (Wildman–Crippen LogP) is 1.39. The third-order valence-electron chi connectivity index (χ3n) is 4.39. The van der Waals surface area contributed by atoms with Crippen LogP contribution < -0.4 is 5.32 Å². The summed E-state index contributed by atoms with van der Waals surface area (Å²) in [7, 11) is 1.68. The van der Waals surface area contributed by atoms with Crippen LogP contribution in [-0.4, -0.2) is 73.5 Å². The van der Waals surface area contributed by atoms with Gasteiger partial charge in [0.05, 0.1) is 38.7 Å². The average molecular weight is 337 g/mol. The maximum absolute atomic E-state index is 5.50. The minimum Gasteiger partial charge on any atom is -0.382 e. The molecule has 1 aromatic heterocycles. The molecule has 2 unspecified atom stereocenters. The van der Waals surface area contributed by atoms with Crippen molar-refractivity contribution in [1.82, 2.24) is 19.8 Å². The molecule has 1 aliphatic rings. The van der Waals surface area contributed by atoms with E-state index in [1.807, 2.05) is 12.5 Å². The second-order valence-electron chi connectivity index (χ2n) is 6.13. The first-order valence-electron chi connectivity index (χ1n) is 8.83. The molecule has 0 radical (unpaired) electrons. The molecule has 24 heavy (non-hydrogen) atoms. The molecule has 0 aliphatic carbocycles. The number of ether oxygens (including phenoxy) is 2. The van der Waals surface area contributed by atoms with Gasteiger partial charge in [-0.05, 0) is 19.3 Å². The van der Waals surface area contributed by atoms with E-state index < -0.39 is 0 Å². The summed E-state index contributed by atoms with van der Waals surface area (Å²) in [5.74, 6) is 1.61. The number of rotatable bonds is 8. The van der Waals surface area contributed by atoms with Crippen molar-refractivity contribution in [2.45, 2.75) is 26.3 Å². The first kappa shape index (κ1) is 18.7. The third kappa shape index (κ3) is 5.49. The lowest BCUT2D eigenvalue weighted by molar-refractivity contribution is 0.0746. The van der Waals surface area contributed by atoms with Crippen LogP contribution in [0.4, 0.5) is 0 Å². The number of hydrogen-bond donors (Lipinski definition) is 1. The SMILES string of the molecule is CCNC(=NCCOCCOC)N1CCC(C)C(n2ccnc2)C1. The molecule has 0 spiro atoms. The summed E-state index contributed by atoms with van der Waals surface area (Å²) in [5, 5.41) is 3.41. The van der Waals surface area contributed by atoms with Crippen LogP contribution in [0.2, 0.25) is 0 Å². The van der Waals surface area contributed by atoms with Crippen molar-refractivity contribution in [2.75, 3.05) is 53.1 Å². The molecule has 1 saturated heterocycles. The highest BCUT2D eigenvalue weighted by molar-refractivity contribution is 5.80. The van der Waals surface area contributed by atoms with Crippen molar-refractivity contribution >= 4 is 5.96 Å². The van der Waals surface area contributed by atoms with E-state index in [1.54, 1.807) is 7.11 Å². The maximum Gasteiger partial charge on any atom is 0.194 e. The number of methoxy groups -OCH3 is 1. The molecule has 1 aliphatic heterocycles. The van der Waals surface area contributed by atoms with E-state index in [1.165, 1.54) is 0 Å². The number of imidazole rings is 1. The molecule has 1 N–H and O–H groups in total. The number of hydrogen-bond acceptors (Lipinski definition) is 4. The molecule has 2 rings (SSSR count). The lowest BCUT2D eigenvalue weighted by atomic mass is 9.93. The fraction of sp³-hybridized carbons (Fsp3) is 0.765. The van der Waals surface area contributed by atoms with E-state index in [-0.39, 0.29) is 0 Å². The van der Waals surface area contributed by atoms with Gasteiger partial charge in [-0.2, -0.15) is 0 Å². The van der Waals surface area contributed by atoms with E-state index in [4.69, 9.17) is 14.5 Å². The second-order valence-corrected chi connectivity index (χ2v) is 6.13. The van der Waals surface area contributed by atoms with Crippen molar-refractivity contribution in [3.63, 3.8) is 0 Å². The summed E-state index contributed by atoms with van der Waals surface area (Å²) < 4.78 is 12.7. The zero-order chi connectivity index (χ0) is 17.2. The molecule has 0 amide bonds. The maximum atomic E-state index is 5.50. The van der Waals surface area contributed by atoms with Crippen LogP contribution in [0, 0.1) is 5.92 Å². The Kier molecular flexibility index (Phi) is 8.04. The van der Waals surface area contributed by atoms with E-state index >= 15 is 0 Å². The zero-order valence-corrected chi connectivity index (χ0v) is 15.1. The van der Waals surface area contributed by atoms with Gasteiger partial charge in [0.15, 0.2) is 5.96 Å². The van der Waals surface area contributed by atoms with Gasteiger partial charge in [-0.1, -0.05) is 6.92 Å². The number of nitrogens with zero attached hydrogens (tertiary/aromatic N) is 4. The fourth-order valence-electron chi connectivity index (χ4n) is 2.98. The highest BCUT2D eigenvalue weighted by atomic mass is 16.5. The van der Waals surface area contributed by atoms with Crippen molar-refractivity contribution in [1.29, 1.82) is 0 Å². The Morgan fingerprint density at radius 2 is 2.25 bits per heavy atom. The lowest BCUT2D eigenvalue weighted by Gasteiger charge is -2.39. The van der Waals surface area contributed by atoms with Crippen LogP contribution in [-0.2, 0) is 9.47 Å². The summed E-state index contributed by atoms with van der Waals surface area (Å²) in [6.07, 6.45) is 6.97. The number of aromatic nitrogens is 2. The largest absolute Gasteiger partial charge is 0.382 e. The molecule has 1 aromatic rings. The molecule has 2 atom stereocenters. The monoisotopic (exact) mass is 337 g/mol. The van der Waals surface area contributed by atoms with Gasteiger partial charge >= 0.3 is 0 Å². The van der Waals surface area contributed by atoms with Crippen LogP contribution in [0.3, 0.4) is 0 Å². The Labute approximate surface area is 145 Å². The molecule has 136 valence electrons. The molecule has 7 nitrogen and oxygen atoms in total. The number of piperidine rings is 1. The number of nitrogens with one attached hydrogen (secondary N) is 1. The van der Waals surface area contributed by atoms with Gasteiger partial charge in [0.2, 0.25) is 0 Å². The Bertz CT molecular complexity index is 477. The smallest absolute Gasteiger partial charge is 0.194 e. The van der Waals surface area contributed by atoms with Crippen molar-refractivity contribution in [3.8, 4) is 0 Å². The summed E-state index contributed by atoms with van der Waals surface area (Å²) in [6, 6.07) is 0.433. The van der Waals surface area contributed by atoms with E-state index in [2.05, 4.69) is 39.8 Å². The van der Waals surface area contributed by atoms with E-state index in [9.17, 15) is 0 Å². The van der Waals surface area contributed by atoms with Crippen molar-refractivity contribution in [3.05, 3.63) is 18.7 Å². The van der Waals surface area contributed by atoms with Gasteiger partial charge in [0, 0.05) is 39.1 Å². The average Bonchev–Trinajstić information content (AvgIpc) is 3.12. The van der Waals surface area contributed by atoms with Crippen LogP contribution in [0.1, 0.15) is 26.3 Å². The molecule has 2 heterocycles. The summed E-state index contributed by atoms with van der Waals surface area (Å²) >= 11 is 0. The topological polar surface area (TPSA) is 63.9 Å². The summed E-state index contributed by atoms with van der Waals surface area (Å²) in [4.78, 5) is 11.3. The third-order valence-corrected chi connectivity index (χ3v) is 4.39. The molecule has 1 fully saturated rings. The van der Waals surface area contributed by atoms with Crippen LogP contribution in [0.15, 0.2) is 23.7 Å². The lowest BCUT2D eigenvalue weighted by Crippen LogP contribution is -2.49. The zero-order valence-electron chi connectivity index (χ0n) is 15.1. The predicted molar refractivity (Wildman–Crippen MR) is 95.3 cm³/mol. The van der Waals surface area contributed by atoms with E-state index in [0.717, 1.165) is 32.0 Å². The second kappa shape index (κ2) is 10.3. The minimum atomic E-state index is 0.433. The van der Waals surface area contributed by atoms with Gasteiger partial charge in [-0.15, -0.1) is 0 Å². The number of aliphatic imine (C=N–C) groups is 1. The standard InChI is InChI=1S/C17H31N5O2/c1-4-19-17(20-7-10-24-12-11-23-3)21-8-5-15(2)16(13-21)22-9-6-18-14-22/h6,9,14-16H,4-5,7-8,10-13H2,1-3H3,(H,19,20). The van der Waals surface area contributed by atoms with Crippen molar-refractivity contribution < 1.29 is 9.47 Å². The molecule has 7 heteroatoms. The van der Waals surface area contributed by atoms with Gasteiger partial charge in [-0.3, -0.25) is 4.99 Å². The molecule has 0 saturated carbocycles. The van der Waals surface area contributed by atoms with Gasteiger partial charge in [0.25, 0.3) is 0 Å². The number of guanidine groups is 1. The Morgan fingerprint density at radius 1 is 1.38 bits per heavy atom. The Morgan fingerprint density at radius 3 is 2.96 bits per heavy atom. The molecule has 0 bridgehead atoms. The molecule has 0 aromatic carbocycles. The first-order chi connectivity index (χ1) is 11.8. The first-order valence-corrected chi connectivity index (χ1v) is 8.83. The summed E-state index contributed by atoms with van der Waals surface area (Å²) in [5.41, 5.74) is 0. The van der Waals surface area contributed by atoms with Gasteiger partial charge in [-0.25, -0.2) is 4.98 Å². The van der Waals surface area contributed by atoms with Gasteiger partial charge < -0.3 is 24.3 Å². The minimum absolute atomic E-state index is 0.433. The van der Waals surface area contributed by atoms with Crippen LogP contribution >= 0.6 is 0 Å². The molecular weight excluding hydrogens is 306 g/mol. The summed E-state index contributed by atoms with van der Waals surface area (Å²) in [6.45, 7) is 9.79. The molecular formula is C17H31N5O2. The Hall–Kier alpha value is -1.60. The quantitative estimate of drug-likeness (QED) is 0.441. The Balaban J connectivity index is 1.91. The van der Waals surface area contributed by atoms with Crippen LogP contribution in [0.5, 0.6) is 0 Å². The van der Waals surface area contributed by atoms with Gasteiger partial charge in [0.1, 0.15) is 0 Å². The highest BCUT2D eigenvalue weighted by Crippen LogP contribution is 2.27. The fourth-order valence-corrected chi connectivity index (χ4v) is 2.98. The normalized spacial score (nSPS) is 22.0. The van der Waals surface area contributed by atoms with Crippen molar-refractivity contribution in [2.24, 2.45) is 10.9 Å².